The van der Waals surface area contributed by atoms with Crippen LogP contribution in [0.1, 0.15) is 30.5 Å². The van der Waals surface area contributed by atoms with E-state index in [0.717, 1.165) is 36.8 Å². The van der Waals surface area contributed by atoms with Crippen LogP contribution in [-0.2, 0) is 4.74 Å². The third-order valence-electron chi connectivity index (χ3n) is 3.42. The number of hydrogen-bond donors (Lipinski definition) is 1. The Labute approximate surface area is 108 Å². The number of ether oxygens (including phenoxy) is 1. The van der Waals surface area contributed by atoms with Gasteiger partial charge >= 0.3 is 0 Å². The summed E-state index contributed by atoms with van der Waals surface area (Å²) in [4.78, 5) is 0. The molecule has 0 aliphatic carbocycles. The quantitative estimate of drug-likeness (QED) is 0.889. The molecule has 1 aliphatic rings. The lowest BCUT2D eigenvalue weighted by molar-refractivity contribution is 0.177. The van der Waals surface area contributed by atoms with Crippen molar-refractivity contribution in [3.05, 3.63) is 34.3 Å². The lowest BCUT2D eigenvalue weighted by Gasteiger charge is -2.24. The fraction of sp³-hybridized carbons (Fsp3) is 0.571. The molecular formula is C14H20ClNO. The van der Waals surface area contributed by atoms with Crippen LogP contribution in [0.25, 0.3) is 0 Å². The molecule has 0 aromatic heterocycles. The summed E-state index contributed by atoms with van der Waals surface area (Å²) in [6, 6.07) is 6.72. The van der Waals surface area contributed by atoms with Gasteiger partial charge in [-0.2, -0.15) is 0 Å². The third kappa shape index (κ3) is 3.01. The van der Waals surface area contributed by atoms with E-state index in [2.05, 4.69) is 30.4 Å². The smallest absolute Gasteiger partial charge is 0.0513 e. The Morgan fingerprint density at radius 3 is 2.94 bits per heavy atom. The zero-order chi connectivity index (χ0) is 12.3. The zero-order valence-electron chi connectivity index (χ0n) is 10.5. The van der Waals surface area contributed by atoms with Crippen LogP contribution in [0.4, 0.5) is 0 Å². The second-order valence-electron chi connectivity index (χ2n) is 4.67. The summed E-state index contributed by atoms with van der Waals surface area (Å²) in [6.07, 6.45) is 1.13. The first-order valence-electron chi connectivity index (χ1n) is 6.29. The minimum Gasteiger partial charge on any atom is -0.381 e. The monoisotopic (exact) mass is 253 g/mol. The van der Waals surface area contributed by atoms with E-state index in [1.54, 1.807) is 0 Å². The van der Waals surface area contributed by atoms with Crippen LogP contribution >= 0.6 is 11.6 Å². The molecule has 2 nitrogen and oxygen atoms in total. The average molecular weight is 254 g/mol. The van der Waals surface area contributed by atoms with Gasteiger partial charge in [0.1, 0.15) is 0 Å². The van der Waals surface area contributed by atoms with Crippen molar-refractivity contribution in [1.82, 2.24) is 5.32 Å². The molecule has 1 aliphatic heterocycles. The molecular weight excluding hydrogens is 234 g/mol. The number of aryl methyl sites for hydroxylation is 1. The summed E-state index contributed by atoms with van der Waals surface area (Å²) in [5, 5.41) is 4.40. The van der Waals surface area contributed by atoms with Gasteiger partial charge in [0.15, 0.2) is 0 Å². The van der Waals surface area contributed by atoms with Crippen LogP contribution in [0, 0.1) is 12.8 Å². The summed E-state index contributed by atoms with van der Waals surface area (Å²) in [6.45, 7) is 6.87. The van der Waals surface area contributed by atoms with Crippen molar-refractivity contribution < 1.29 is 4.74 Å². The maximum absolute atomic E-state index is 6.21. The lowest BCUT2D eigenvalue weighted by Crippen LogP contribution is -2.28. The topological polar surface area (TPSA) is 21.3 Å². The molecule has 1 aromatic rings. The predicted octanol–water partition coefficient (Wildman–Crippen LogP) is 3.34. The molecule has 0 bridgehead atoms. The van der Waals surface area contributed by atoms with Crippen molar-refractivity contribution in [1.29, 1.82) is 0 Å². The number of hydrogen-bond acceptors (Lipinski definition) is 2. The average Bonchev–Trinajstić information content (AvgIpc) is 2.83. The van der Waals surface area contributed by atoms with E-state index < -0.39 is 0 Å². The molecule has 1 N–H and O–H groups in total. The van der Waals surface area contributed by atoms with Gasteiger partial charge in [0.2, 0.25) is 0 Å². The van der Waals surface area contributed by atoms with Crippen LogP contribution in [-0.4, -0.2) is 19.8 Å². The molecule has 94 valence electrons. The maximum atomic E-state index is 6.21. The molecule has 1 aromatic carbocycles. The molecule has 1 fully saturated rings. The first kappa shape index (κ1) is 12.9. The molecule has 3 heteroatoms. The van der Waals surface area contributed by atoms with Gasteiger partial charge in [0, 0.05) is 23.6 Å². The summed E-state index contributed by atoms with van der Waals surface area (Å²) < 4.78 is 5.49. The fourth-order valence-corrected chi connectivity index (χ4v) is 2.58. The van der Waals surface area contributed by atoms with Crippen LogP contribution < -0.4 is 5.32 Å². The normalized spacial score (nSPS) is 21.7. The van der Waals surface area contributed by atoms with Gasteiger partial charge in [-0.15, -0.1) is 0 Å². The molecule has 1 saturated heterocycles. The number of benzene rings is 1. The van der Waals surface area contributed by atoms with E-state index in [1.807, 2.05) is 6.92 Å². The molecule has 2 unspecified atom stereocenters. The summed E-state index contributed by atoms with van der Waals surface area (Å²) in [5.41, 5.74) is 2.41. The molecule has 0 spiro atoms. The van der Waals surface area contributed by atoms with Gasteiger partial charge in [0.05, 0.1) is 6.61 Å². The van der Waals surface area contributed by atoms with Gasteiger partial charge in [-0.05, 0) is 37.1 Å². The highest BCUT2D eigenvalue weighted by molar-refractivity contribution is 6.31. The van der Waals surface area contributed by atoms with E-state index in [1.165, 1.54) is 5.56 Å². The van der Waals surface area contributed by atoms with Crippen molar-refractivity contribution in [3.63, 3.8) is 0 Å². The highest BCUT2D eigenvalue weighted by Crippen LogP contribution is 2.30. The van der Waals surface area contributed by atoms with Crippen LogP contribution in [0.15, 0.2) is 18.2 Å². The fourth-order valence-electron chi connectivity index (χ4n) is 2.39. The highest BCUT2D eigenvalue weighted by atomic mass is 35.5. The van der Waals surface area contributed by atoms with Gasteiger partial charge in [-0.25, -0.2) is 0 Å². The van der Waals surface area contributed by atoms with Crippen LogP contribution in [0.2, 0.25) is 5.02 Å². The molecule has 17 heavy (non-hydrogen) atoms. The van der Waals surface area contributed by atoms with E-state index in [9.17, 15) is 0 Å². The summed E-state index contributed by atoms with van der Waals surface area (Å²) in [5.74, 6) is 0.564. The first-order chi connectivity index (χ1) is 8.22. The zero-order valence-corrected chi connectivity index (χ0v) is 11.3. The Morgan fingerprint density at radius 2 is 2.35 bits per heavy atom. The van der Waals surface area contributed by atoms with Crippen molar-refractivity contribution in [2.45, 2.75) is 26.3 Å². The summed E-state index contributed by atoms with van der Waals surface area (Å²) >= 11 is 6.21. The van der Waals surface area contributed by atoms with Gasteiger partial charge in [-0.3, -0.25) is 0 Å². The standard InChI is InChI=1S/C14H20ClNO/c1-3-16-14(12-6-7-17-9-12)11-5-4-10(2)13(15)8-11/h4-5,8,12,14,16H,3,6-7,9H2,1-2H3. The predicted molar refractivity (Wildman–Crippen MR) is 71.5 cm³/mol. The molecule has 2 rings (SSSR count). The second kappa shape index (κ2) is 5.85. The number of halogens is 1. The molecule has 2 atom stereocenters. The van der Waals surface area contributed by atoms with E-state index in [-0.39, 0.29) is 0 Å². The summed E-state index contributed by atoms with van der Waals surface area (Å²) in [7, 11) is 0. The van der Waals surface area contributed by atoms with Gasteiger partial charge in [0.25, 0.3) is 0 Å². The second-order valence-corrected chi connectivity index (χ2v) is 5.07. The Kier molecular flexibility index (Phi) is 4.43. The number of rotatable bonds is 4. The van der Waals surface area contributed by atoms with Gasteiger partial charge in [-0.1, -0.05) is 30.7 Å². The van der Waals surface area contributed by atoms with E-state index >= 15 is 0 Å². The Morgan fingerprint density at radius 1 is 1.53 bits per heavy atom. The van der Waals surface area contributed by atoms with Crippen molar-refractivity contribution >= 4 is 11.6 Å². The molecule has 0 amide bonds. The molecule has 0 radical (unpaired) electrons. The van der Waals surface area contributed by atoms with Gasteiger partial charge < -0.3 is 10.1 Å². The minimum absolute atomic E-state index is 0.362. The van der Waals surface area contributed by atoms with Crippen molar-refractivity contribution in [2.75, 3.05) is 19.8 Å². The molecule has 0 saturated carbocycles. The van der Waals surface area contributed by atoms with Crippen molar-refractivity contribution in [2.24, 2.45) is 5.92 Å². The van der Waals surface area contributed by atoms with Crippen LogP contribution in [0.5, 0.6) is 0 Å². The Hall–Kier alpha value is -0.570. The lowest BCUT2D eigenvalue weighted by atomic mass is 9.92. The first-order valence-corrected chi connectivity index (χ1v) is 6.67. The van der Waals surface area contributed by atoms with E-state index in [4.69, 9.17) is 16.3 Å². The SMILES string of the molecule is CCNC(c1ccc(C)c(Cl)c1)C1CCOC1. The Balaban J connectivity index is 2.21. The largest absolute Gasteiger partial charge is 0.381 e. The minimum atomic E-state index is 0.362. The maximum Gasteiger partial charge on any atom is 0.0513 e. The third-order valence-corrected chi connectivity index (χ3v) is 3.82. The Bertz CT molecular complexity index is 374. The molecule has 1 heterocycles. The highest BCUT2D eigenvalue weighted by Gasteiger charge is 2.26. The number of nitrogens with one attached hydrogen (secondary N) is 1. The van der Waals surface area contributed by atoms with Crippen LogP contribution in [0.3, 0.4) is 0 Å². The van der Waals surface area contributed by atoms with Crippen molar-refractivity contribution in [3.8, 4) is 0 Å². The van der Waals surface area contributed by atoms with E-state index in [0.29, 0.717) is 12.0 Å².